The van der Waals surface area contributed by atoms with Gasteiger partial charge in [-0.1, -0.05) is 121 Å². The number of rotatable bonds is 16. The summed E-state index contributed by atoms with van der Waals surface area (Å²) in [7, 11) is 0. The molecule has 0 saturated carbocycles. The van der Waals surface area contributed by atoms with E-state index < -0.39 is 0 Å². The van der Waals surface area contributed by atoms with Gasteiger partial charge in [-0.2, -0.15) is 0 Å². The molecule has 0 aliphatic carbocycles. The number of aromatic nitrogens is 2. The maximum absolute atomic E-state index is 6.25. The van der Waals surface area contributed by atoms with E-state index in [9.17, 15) is 0 Å². The topological polar surface area (TPSA) is 45.7 Å². The molecule has 1 aromatic heterocycles. The van der Waals surface area contributed by atoms with Crippen molar-refractivity contribution in [2.45, 2.75) is 39.5 Å². The molecule has 0 aliphatic heterocycles. The lowest BCUT2D eigenvalue weighted by Gasteiger charge is -2.13. The van der Waals surface area contributed by atoms with Crippen molar-refractivity contribution < 1.29 is 23.5 Å². The van der Waals surface area contributed by atoms with Crippen molar-refractivity contribution in [2.75, 3.05) is 0 Å². The molecule has 254 valence electrons. The molecule has 51 heavy (non-hydrogen) atoms. The van der Waals surface area contributed by atoms with Crippen molar-refractivity contribution in [1.29, 1.82) is 0 Å². The third kappa shape index (κ3) is 10.1. The summed E-state index contributed by atoms with van der Waals surface area (Å²) in [5.41, 5.74) is 6.63. The van der Waals surface area contributed by atoms with Crippen LogP contribution in [0.15, 0.2) is 176 Å². The van der Waals surface area contributed by atoms with E-state index in [-0.39, 0.29) is 0 Å². The first-order valence-corrected chi connectivity index (χ1v) is 17.2. The summed E-state index contributed by atoms with van der Waals surface area (Å²) < 4.78 is 29.3. The van der Waals surface area contributed by atoms with E-state index in [2.05, 4.69) is 101 Å². The Labute approximate surface area is 299 Å². The summed E-state index contributed by atoms with van der Waals surface area (Å²) >= 11 is 0. The average molecular weight is 674 g/mol. The molecule has 0 spiro atoms. The molecule has 0 atom stereocenters. The first kappa shape index (κ1) is 33.2. The van der Waals surface area contributed by atoms with E-state index in [0.717, 1.165) is 56.4 Å². The van der Waals surface area contributed by atoms with Gasteiger partial charge in [-0.05, 0) is 46.5 Å². The van der Waals surface area contributed by atoms with Gasteiger partial charge in [-0.3, -0.25) is 0 Å². The Hall–Kier alpha value is -6.27. The highest BCUT2D eigenvalue weighted by Gasteiger charge is 2.12. The highest BCUT2D eigenvalue weighted by Crippen LogP contribution is 2.27. The van der Waals surface area contributed by atoms with Gasteiger partial charge in [0.2, 0.25) is 6.33 Å². The smallest absolute Gasteiger partial charge is 0.244 e. The molecular weight excluding hydrogens is 633 g/mol. The first-order chi connectivity index (χ1) is 25.2. The minimum absolute atomic E-state index is 0.483. The average Bonchev–Trinajstić information content (AvgIpc) is 3.62. The molecule has 6 nitrogen and oxygen atoms in total. The minimum atomic E-state index is 0.483. The highest BCUT2D eigenvalue weighted by atomic mass is 16.5. The molecule has 7 rings (SSSR count). The second-order valence-electron chi connectivity index (χ2n) is 12.5. The van der Waals surface area contributed by atoms with Gasteiger partial charge in [-0.15, -0.1) is 0 Å². The van der Waals surface area contributed by atoms with Crippen molar-refractivity contribution in [2.24, 2.45) is 0 Å². The van der Waals surface area contributed by atoms with Gasteiger partial charge in [0.15, 0.2) is 0 Å². The van der Waals surface area contributed by atoms with Crippen molar-refractivity contribution in [3.63, 3.8) is 0 Å². The van der Waals surface area contributed by atoms with Gasteiger partial charge >= 0.3 is 0 Å². The van der Waals surface area contributed by atoms with Crippen molar-refractivity contribution in [3.8, 4) is 23.0 Å². The lowest BCUT2D eigenvalue weighted by molar-refractivity contribution is -0.687. The van der Waals surface area contributed by atoms with Gasteiger partial charge in [0, 0.05) is 23.3 Å². The summed E-state index contributed by atoms with van der Waals surface area (Å²) in [6.07, 6.45) is 6.29. The molecule has 6 heteroatoms. The number of ether oxygens (including phenoxy) is 4. The van der Waals surface area contributed by atoms with Gasteiger partial charge < -0.3 is 18.9 Å². The molecule has 0 aliphatic rings. The number of hydrogen-bond donors (Lipinski definition) is 0. The number of imidazole rings is 1. The van der Waals surface area contributed by atoms with Crippen LogP contribution in [0.2, 0.25) is 0 Å². The molecule has 0 bridgehead atoms. The molecule has 0 amide bonds. The predicted octanol–water partition coefficient (Wildman–Crippen LogP) is 9.19. The Bertz CT molecular complexity index is 1830. The molecule has 6 aromatic carbocycles. The van der Waals surface area contributed by atoms with Gasteiger partial charge in [0.1, 0.15) is 74.9 Å². The van der Waals surface area contributed by atoms with E-state index in [1.165, 1.54) is 0 Å². The fourth-order valence-corrected chi connectivity index (χ4v) is 5.79. The van der Waals surface area contributed by atoms with E-state index in [4.69, 9.17) is 18.9 Å². The van der Waals surface area contributed by atoms with Crippen LogP contribution in [-0.4, -0.2) is 4.57 Å². The van der Waals surface area contributed by atoms with Crippen LogP contribution in [0.25, 0.3) is 0 Å². The number of nitrogens with zero attached hydrogens (tertiary/aromatic N) is 2. The molecule has 0 saturated heterocycles. The maximum atomic E-state index is 6.25. The zero-order valence-corrected chi connectivity index (χ0v) is 28.5. The Kier molecular flexibility index (Phi) is 11.0. The van der Waals surface area contributed by atoms with Crippen LogP contribution in [0.1, 0.15) is 33.4 Å². The van der Waals surface area contributed by atoms with E-state index in [0.29, 0.717) is 39.5 Å². The van der Waals surface area contributed by atoms with Crippen LogP contribution < -0.4 is 23.5 Å². The van der Waals surface area contributed by atoms with E-state index in [1.54, 1.807) is 0 Å². The zero-order chi connectivity index (χ0) is 34.5. The van der Waals surface area contributed by atoms with Crippen molar-refractivity contribution in [3.05, 3.63) is 210 Å². The number of benzene rings is 6. The second-order valence-corrected chi connectivity index (χ2v) is 12.5. The van der Waals surface area contributed by atoms with E-state index >= 15 is 0 Å². The monoisotopic (exact) mass is 673 g/mol. The molecule has 0 unspecified atom stereocenters. The van der Waals surface area contributed by atoms with Gasteiger partial charge in [0.25, 0.3) is 0 Å². The molecule has 0 fully saturated rings. The van der Waals surface area contributed by atoms with Crippen LogP contribution in [0.4, 0.5) is 0 Å². The van der Waals surface area contributed by atoms with Crippen LogP contribution in [0.3, 0.4) is 0 Å². The van der Waals surface area contributed by atoms with Crippen molar-refractivity contribution >= 4 is 0 Å². The summed E-state index contributed by atoms with van der Waals surface area (Å²) in [6, 6.07) is 53.1. The zero-order valence-electron chi connectivity index (χ0n) is 28.5. The second kappa shape index (κ2) is 16.9. The first-order valence-electron chi connectivity index (χ1n) is 17.2. The van der Waals surface area contributed by atoms with Gasteiger partial charge in [-0.25, -0.2) is 9.13 Å². The lowest BCUT2D eigenvalue weighted by atomic mass is 10.2. The summed E-state index contributed by atoms with van der Waals surface area (Å²) in [5.74, 6) is 3.09. The molecule has 0 N–H and O–H groups in total. The third-order valence-corrected chi connectivity index (χ3v) is 8.35. The molecule has 7 aromatic rings. The standard InChI is InChI=1S/C45H41N2O4/c1-5-13-36(14-6-1)31-48-42-23-40(24-43(27-42)49-32-37-15-7-2-8-16-37)29-46-21-22-47(35-46)30-41-25-44(50-33-38-17-9-3-10-18-38)28-45(26-41)51-34-39-19-11-4-12-20-39/h1-28,35H,29-34H2/q+1. The Morgan fingerprint density at radius 1 is 0.392 bits per heavy atom. The fraction of sp³-hybridized carbons (Fsp3) is 0.133. The Balaban J connectivity index is 1.06. The highest BCUT2D eigenvalue weighted by molar-refractivity contribution is 5.40. The van der Waals surface area contributed by atoms with Crippen LogP contribution >= 0.6 is 0 Å². The number of hydrogen-bond acceptors (Lipinski definition) is 4. The molecule has 0 radical (unpaired) electrons. The summed E-state index contributed by atoms with van der Waals surface area (Å²) in [5, 5.41) is 0. The predicted molar refractivity (Wildman–Crippen MR) is 199 cm³/mol. The Morgan fingerprint density at radius 3 is 1.12 bits per heavy atom. The molecular formula is C45H41N2O4+. The fourth-order valence-electron chi connectivity index (χ4n) is 5.79. The SMILES string of the molecule is c1ccc(COc2cc(Cn3cc[n+](Cc4cc(OCc5ccccc5)cc(OCc5ccccc5)c4)c3)cc(OCc3ccccc3)c2)cc1. The van der Waals surface area contributed by atoms with Crippen LogP contribution in [0, 0.1) is 0 Å². The normalized spacial score (nSPS) is 10.8. The van der Waals surface area contributed by atoms with Crippen LogP contribution in [-0.2, 0) is 39.5 Å². The van der Waals surface area contributed by atoms with Crippen LogP contribution in [0.5, 0.6) is 23.0 Å². The minimum Gasteiger partial charge on any atom is -0.489 e. The van der Waals surface area contributed by atoms with E-state index in [1.807, 2.05) is 84.9 Å². The largest absolute Gasteiger partial charge is 0.489 e. The van der Waals surface area contributed by atoms with Crippen molar-refractivity contribution in [1.82, 2.24) is 4.57 Å². The Morgan fingerprint density at radius 2 is 0.745 bits per heavy atom. The molecule has 1 heterocycles. The maximum Gasteiger partial charge on any atom is 0.244 e. The third-order valence-electron chi connectivity index (χ3n) is 8.35. The lowest BCUT2D eigenvalue weighted by Crippen LogP contribution is -2.31. The summed E-state index contributed by atoms with van der Waals surface area (Å²) in [6.45, 7) is 3.24. The summed E-state index contributed by atoms with van der Waals surface area (Å²) in [4.78, 5) is 0. The quantitative estimate of drug-likeness (QED) is 0.0960. The van der Waals surface area contributed by atoms with Gasteiger partial charge in [0.05, 0.1) is 0 Å².